The van der Waals surface area contributed by atoms with Crippen molar-refractivity contribution in [2.24, 2.45) is 0 Å². The van der Waals surface area contributed by atoms with E-state index in [1.165, 1.54) is 0 Å². The van der Waals surface area contributed by atoms with Crippen molar-refractivity contribution in [1.29, 1.82) is 0 Å². The second-order valence-corrected chi connectivity index (χ2v) is 7.74. The minimum absolute atomic E-state index is 0.108. The Bertz CT molecular complexity index is 827. The van der Waals surface area contributed by atoms with Gasteiger partial charge in [0.2, 0.25) is 0 Å². The maximum absolute atomic E-state index is 12.5. The molecule has 2 aromatic rings. The van der Waals surface area contributed by atoms with Crippen molar-refractivity contribution in [1.82, 2.24) is 16.0 Å². The van der Waals surface area contributed by atoms with E-state index in [0.717, 1.165) is 31.2 Å². The van der Waals surface area contributed by atoms with Crippen LogP contribution in [-0.4, -0.2) is 24.0 Å². The third kappa shape index (κ3) is 5.63. The lowest BCUT2D eigenvalue weighted by atomic mass is 9.90. The second-order valence-electron chi connectivity index (χ2n) is 6.90. The molecule has 0 heterocycles. The predicted molar refractivity (Wildman–Crippen MR) is 112 cm³/mol. The Morgan fingerprint density at radius 2 is 1.54 bits per heavy atom. The molecule has 3 N–H and O–H groups in total. The highest BCUT2D eigenvalue weighted by Crippen LogP contribution is 2.20. The fourth-order valence-electron chi connectivity index (χ4n) is 3.37. The molecule has 1 saturated carbocycles. The van der Waals surface area contributed by atoms with Crippen LogP contribution in [0.25, 0.3) is 0 Å². The van der Waals surface area contributed by atoms with Crippen LogP contribution in [0.5, 0.6) is 0 Å². The van der Waals surface area contributed by atoms with Crippen LogP contribution >= 0.6 is 23.2 Å². The average molecular weight is 420 g/mol. The van der Waals surface area contributed by atoms with E-state index >= 15 is 0 Å². The highest BCUT2D eigenvalue weighted by Gasteiger charge is 2.28. The van der Waals surface area contributed by atoms with Gasteiger partial charge in [-0.25, -0.2) is 4.79 Å². The predicted octanol–water partition coefficient (Wildman–Crippen LogP) is 4.53. The largest absolute Gasteiger partial charge is 0.347 e. The Balaban J connectivity index is 1.55. The van der Waals surface area contributed by atoms with Crippen LogP contribution in [-0.2, 0) is 6.54 Å². The molecule has 0 spiro atoms. The zero-order chi connectivity index (χ0) is 19.9. The summed E-state index contributed by atoms with van der Waals surface area (Å²) in [6, 6.07) is 13.7. The third-order valence-electron chi connectivity index (χ3n) is 4.90. The summed E-state index contributed by atoms with van der Waals surface area (Å²) in [4.78, 5) is 24.8. The molecule has 3 rings (SSSR count). The molecule has 0 saturated heterocycles. The van der Waals surface area contributed by atoms with Gasteiger partial charge in [-0.1, -0.05) is 54.2 Å². The first-order valence-electron chi connectivity index (χ1n) is 9.37. The van der Waals surface area contributed by atoms with Crippen LogP contribution in [0.2, 0.25) is 10.0 Å². The number of urea groups is 1. The summed E-state index contributed by atoms with van der Waals surface area (Å²) in [6.45, 7) is 0.347. The van der Waals surface area contributed by atoms with Crippen molar-refractivity contribution in [2.75, 3.05) is 0 Å². The van der Waals surface area contributed by atoms with E-state index in [2.05, 4.69) is 16.0 Å². The van der Waals surface area contributed by atoms with Gasteiger partial charge in [0.1, 0.15) is 0 Å². The molecule has 2 aromatic carbocycles. The third-order valence-corrected chi connectivity index (χ3v) is 5.52. The maximum Gasteiger partial charge on any atom is 0.315 e. The van der Waals surface area contributed by atoms with Gasteiger partial charge in [-0.15, -0.1) is 0 Å². The summed E-state index contributed by atoms with van der Waals surface area (Å²) < 4.78 is 0. The van der Waals surface area contributed by atoms with Gasteiger partial charge >= 0.3 is 6.03 Å². The lowest BCUT2D eigenvalue weighted by Gasteiger charge is -2.32. The normalized spacial score (nSPS) is 18.9. The van der Waals surface area contributed by atoms with Crippen LogP contribution in [0.15, 0.2) is 48.5 Å². The summed E-state index contributed by atoms with van der Waals surface area (Å²) >= 11 is 12.0. The van der Waals surface area contributed by atoms with Gasteiger partial charge in [0.05, 0.1) is 6.04 Å². The minimum Gasteiger partial charge on any atom is -0.347 e. The molecule has 0 aliphatic heterocycles. The van der Waals surface area contributed by atoms with Crippen molar-refractivity contribution >= 4 is 35.1 Å². The number of hydrogen-bond acceptors (Lipinski definition) is 2. The molecule has 2 atom stereocenters. The molecule has 3 amide bonds. The first-order chi connectivity index (χ1) is 13.5. The topological polar surface area (TPSA) is 70.2 Å². The molecular formula is C21H23Cl2N3O2. The number of halogens is 2. The number of nitrogens with one attached hydrogen (secondary N) is 3. The van der Waals surface area contributed by atoms with E-state index in [0.29, 0.717) is 22.2 Å². The Hall–Kier alpha value is -2.24. The number of carbonyl (C=O) groups is 2. The summed E-state index contributed by atoms with van der Waals surface area (Å²) in [5.74, 6) is -0.160. The highest BCUT2D eigenvalue weighted by atomic mass is 35.5. The van der Waals surface area contributed by atoms with Gasteiger partial charge in [0.15, 0.2) is 0 Å². The smallest absolute Gasteiger partial charge is 0.315 e. The SMILES string of the molecule is O=C(NCc1ccccc1Cl)NC1CCCCC1NC(=O)c1ccc(Cl)cc1. The van der Waals surface area contributed by atoms with E-state index in [1.54, 1.807) is 30.3 Å². The number of amides is 3. The standard InChI is InChI=1S/C21H23Cl2N3O2/c22-16-11-9-14(10-12-16)20(27)25-18-7-3-4-8-19(18)26-21(28)24-13-15-5-1-2-6-17(15)23/h1-2,5-6,9-12,18-19H,3-4,7-8,13H2,(H,25,27)(H2,24,26,28). The van der Waals surface area contributed by atoms with E-state index in [4.69, 9.17) is 23.2 Å². The van der Waals surface area contributed by atoms with Gasteiger partial charge in [-0.3, -0.25) is 4.79 Å². The molecule has 0 bridgehead atoms. The minimum atomic E-state index is -0.266. The monoisotopic (exact) mass is 419 g/mol. The summed E-state index contributed by atoms with van der Waals surface area (Å²) in [6.07, 6.45) is 3.69. The molecule has 0 radical (unpaired) electrons. The Morgan fingerprint density at radius 3 is 2.21 bits per heavy atom. The number of hydrogen-bond donors (Lipinski definition) is 3. The first kappa shape index (κ1) is 20.5. The summed E-state index contributed by atoms with van der Waals surface area (Å²) in [5.41, 5.74) is 1.41. The lowest BCUT2D eigenvalue weighted by Crippen LogP contribution is -2.55. The second kappa shape index (κ2) is 9.80. The summed E-state index contributed by atoms with van der Waals surface area (Å²) in [7, 11) is 0. The van der Waals surface area contributed by atoms with Gasteiger partial charge in [-0.05, 0) is 48.7 Å². The number of rotatable bonds is 5. The van der Waals surface area contributed by atoms with E-state index in [-0.39, 0.29) is 24.0 Å². The molecule has 2 unspecified atom stereocenters. The van der Waals surface area contributed by atoms with Crippen LogP contribution < -0.4 is 16.0 Å². The van der Waals surface area contributed by atoms with E-state index in [1.807, 2.05) is 18.2 Å². The molecular weight excluding hydrogens is 397 g/mol. The molecule has 7 heteroatoms. The number of carbonyl (C=O) groups excluding carboxylic acids is 2. The maximum atomic E-state index is 12.5. The van der Waals surface area contributed by atoms with Crippen LogP contribution in [0.4, 0.5) is 4.79 Å². The molecule has 1 aliphatic rings. The molecule has 0 aromatic heterocycles. The highest BCUT2D eigenvalue weighted by molar-refractivity contribution is 6.31. The van der Waals surface area contributed by atoms with Crippen molar-refractivity contribution in [3.63, 3.8) is 0 Å². The average Bonchev–Trinajstić information content (AvgIpc) is 2.69. The lowest BCUT2D eigenvalue weighted by molar-refractivity contribution is 0.0916. The molecule has 1 aliphatic carbocycles. The van der Waals surface area contributed by atoms with Crippen molar-refractivity contribution in [2.45, 2.75) is 44.3 Å². The quantitative estimate of drug-likeness (QED) is 0.665. The molecule has 1 fully saturated rings. The van der Waals surface area contributed by atoms with Gasteiger partial charge in [-0.2, -0.15) is 0 Å². The molecule has 148 valence electrons. The Labute approximate surface area is 174 Å². The van der Waals surface area contributed by atoms with E-state index in [9.17, 15) is 9.59 Å². The van der Waals surface area contributed by atoms with Gasteiger partial charge < -0.3 is 16.0 Å². The fourth-order valence-corrected chi connectivity index (χ4v) is 3.69. The molecule has 28 heavy (non-hydrogen) atoms. The van der Waals surface area contributed by atoms with Crippen molar-refractivity contribution in [3.05, 3.63) is 69.7 Å². The number of benzene rings is 2. The Morgan fingerprint density at radius 1 is 0.893 bits per heavy atom. The van der Waals surface area contributed by atoms with Gasteiger partial charge in [0.25, 0.3) is 5.91 Å². The zero-order valence-corrected chi connectivity index (χ0v) is 16.9. The van der Waals surface area contributed by atoms with Gasteiger partial charge in [0, 0.05) is 28.2 Å². The van der Waals surface area contributed by atoms with Crippen LogP contribution in [0, 0.1) is 0 Å². The Kier molecular flexibility index (Phi) is 7.18. The zero-order valence-electron chi connectivity index (χ0n) is 15.4. The van der Waals surface area contributed by atoms with E-state index < -0.39 is 0 Å². The fraction of sp³-hybridized carbons (Fsp3) is 0.333. The van der Waals surface area contributed by atoms with Crippen molar-refractivity contribution < 1.29 is 9.59 Å². The van der Waals surface area contributed by atoms with Crippen LogP contribution in [0.1, 0.15) is 41.6 Å². The molecule has 5 nitrogen and oxygen atoms in total. The summed E-state index contributed by atoms with van der Waals surface area (Å²) in [5, 5.41) is 10.1. The first-order valence-corrected chi connectivity index (χ1v) is 10.1. The van der Waals surface area contributed by atoms with Crippen molar-refractivity contribution in [3.8, 4) is 0 Å². The van der Waals surface area contributed by atoms with Crippen LogP contribution in [0.3, 0.4) is 0 Å².